The number of aromatic nitrogens is 1. The standard InChI is InChI=1S/C23H27N3O5S2/c1-29-19-6-4-17(5-7-19)14-18-16-32-23(24-18)25-10-12-26(13-11-25)33(27,28)22-15-20(30-2)8-9-21(22)31-3/h4-9,15-16H,10-14H2,1-3H3. The second-order valence-corrected chi connectivity index (χ2v) is 10.3. The van der Waals surface area contributed by atoms with E-state index in [0.717, 1.165) is 28.6 Å². The van der Waals surface area contributed by atoms with E-state index in [1.807, 2.05) is 24.3 Å². The van der Waals surface area contributed by atoms with E-state index in [-0.39, 0.29) is 4.90 Å². The number of methoxy groups -OCH3 is 3. The molecule has 0 unspecified atom stereocenters. The highest BCUT2D eigenvalue weighted by molar-refractivity contribution is 7.89. The molecule has 2 heterocycles. The molecule has 0 spiro atoms. The summed E-state index contributed by atoms with van der Waals surface area (Å²) in [6, 6.07) is 12.8. The molecule has 1 aliphatic rings. The van der Waals surface area contributed by atoms with Crippen LogP contribution in [0.2, 0.25) is 0 Å². The topological polar surface area (TPSA) is 81.2 Å². The maximum absolute atomic E-state index is 13.3. The third kappa shape index (κ3) is 5.07. The second kappa shape index (κ2) is 9.98. The molecule has 0 N–H and O–H groups in total. The molecule has 1 saturated heterocycles. The summed E-state index contributed by atoms with van der Waals surface area (Å²) in [5.41, 5.74) is 2.16. The largest absolute Gasteiger partial charge is 0.497 e. The van der Waals surface area contributed by atoms with Crippen molar-refractivity contribution in [1.82, 2.24) is 9.29 Å². The van der Waals surface area contributed by atoms with Gasteiger partial charge in [-0.25, -0.2) is 13.4 Å². The average Bonchev–Trinajstić information content (AvgIpc) is 3.32. The van der Waals surface area contributed by atoms with Crippen molar-refractivity contribution in [2.24, 2.45) is 0 Å². The lowest BCUT2D eigenvalue weighted by Crippen LogP contribution is -2.48. The Bertz CT molecular complexity index is 1190. The highest BCUT2D eigenvalue weighted by Gasteiger charge is 2.32. The van der Waals surface area contributed by atoms with Gasteiger partial charge in [0.2, 0.25) is 10.0 Å². The van der Waals surface area contributed by atoms with E-state index >= 15 is 0 Å². The normalized spacial score (nSPS) is 14.8. The van der Waals surface area contributed by atoms with Crippen molar-refractivity contribution in [3.63, 3.8) is 0 Å². The van der Waals surface area contributed by atoms with Crippen molar-refractivity contribution in [2.75, 3.05) is 52.4 Å². The van der Waals surface area contributed by atoms with Gasteiger partial charge >= 0.3 is 0 Å². The van der Waals surface area contributed by atoms with Crippen LogP contribution >= 0.6 is 11.3 Å². The van der Waals surface area contributed by atoms with Crippen molar-refractivity contribution in [3.05, 3.63) is 59.1 Å². The zero-order valence-corrected chi connectivity index (χ0v) is 20.5. The number of hydrogen-bond acceptors (Lipinski definition) is 8. The van der Waals surface area contributed by atoms with Crippen LogP contribution in [0.4, 0.5) is 5.13 Å². The maximum atomic E-state index is 13.3. The summed E-state index contributed by atoms with van der Waals surface area (Å²) in [4.78, 5) is 7.03. The lowest BCUT2D eigenvalue weighted by Gasteiger charge is -2.34. The first kappa shape index (κ1) is 23.3. The van der Waals surface area contributed by atoms with E-state index < -0.39 is 10.0 Å². The van der Waals surface area contributed by atoms with Gasteiger partial charge in [-0.2, -0.15) is 4.31 Å². The molecule has 33 heavy (non-hydrogen) atoms. The number of rotatable bonds is 8. The van der Waals surface area contributed by atoms with Crippen molar-refractivity contribution >= 4 is 26.5 Å². The van der Waals surface area contributed by atoms with Gasteiger partial charge in [-0.1, -0.05) is 12.1 Å². The van der Waals surface area contributed by atoms with Crippen molar-refractivity contribution < 1.29 is 22.6 Å². The van der Waals surface area contributed by atoms with Gasteiger partial charge in [0.1, 0.15) is 22.1 Å². The van der Waals surface area contributed by atoms with Crippen molar-refractivity contribution in [2.45, 2.75) is 11.3 Å². The number of hydrogen-bond donors (Lipinski definition) is 0. The Hall–Kier alpha value is -2.82. The van der Waals surface area contributed by atoms with E-state index in [0.29, 0.717) is 37.7 Å². The smallest absolute Gasteiger partial charge is 0.247 e. The molecule has 1 fully saturated rings. The lowest BCUT2D eigenvalue weighted by atomic mass is 10.1. The fourth-order valence-corrected chi connectivity index (χ4v) is 6.19. The molecule has 0 amide bonds. The highest BCUT2D eigenvalue weighted by Crippen LogP contribution is 2.32. The SMILES string of the molecule is COc1ccc(Cc2csc(N3CCN(S(=O)(=O)c4cc(OC)ccc4OC)CC3)n2)cc1. The number of thiazole rings is 1. The minimum atomic E-state index is -3.71. The van der Waals surface area contributed by atoms with E-state index in [4.69, 9.17) is 19.2 Å². The molecular weight excluding hydrogens is 462 g/mol. The van der Waals surface area contributed by atoms with Crippen LogP contribution in [0.5, 0.6) is 17.2 Å². The van der Waals surface area contributed by atoms with Crippen LogP contribution in [0.25, 0.3) is 0 Å². The highest BCUT2D eigenvalue weighted by atomic mass is 32.2. The minimum Gasteiger partial charge on any atom is -0.497 e. The number of sulfonamides is 1. The first-order chi connectivity index (χ1) is 15.9. The van der Waals surface area contributed by atoms with Gasteiger partial charge in [0.25, 0.3) is 0 Å². The first-order valence-electron chi connectivity index (χ1n) is 10.5. The van der Waals surface area contributed by atoms with Crippen LogP contribution in [-0.4, -0.2) is 65.2 Å². The van der Waals surface area contributed by atoms with E-state index in [9.17, 15) is 8.42 Å². The van der Waals surface area contributed by atoms with Gasteiger partial charge in [-0.05, 0) is 29.8 Å². The van der Waals surface area contributed by atoms with Gasteiger partial charge in [0.05, 0.1) is 27.0 Å². The molecule has 0 aliphatic carbocycles. The summed E-state index contributed by atoms with van der Waals surface area (Å²) in [7, 11) is 0.914. The second-order valence-electron chi connectivity index (χ2n) is 7.55. The summed E-state index contributed by atoms with van der Waals surface area (Å²) < 4.78 is 43.8. The molecule has 10 heteroatoms. The summed E-state index contributed by atoms with van der Waals surface area (Å²) in [6.07, 6.45) is 0.741. The van der Waals surface area contributed by atoms with Crippen molar-refractivity contribution in [3.8, 4) is 17.2 Å². The molecule has 0 atom stereocenters. The van der Waals surface area contributed by atoms with Crippen LogP contribution in [-0.2, 0) is 16.4 Å². The Morgan fingerprint density at radius 3 is 2.21 bits per heavy atom. The fraction of sp³-hybridized carbons (Fsp3) is 0.348. The Balaban J connectivity index is 1.42. The Kier molecular flexibility index (Phi) is 7.06. The van der Waals surface area contributed by atoms with Gasteiger partial charge in [-0.3, -0.25) is 0 Å². The van der Waals surface area contributed by atoms with Gasteiger partial charge in [0, 0.05) is 44.0 Å². The fourth-order valence-electron chi connectivity index (χ4n) is 3.72. The van der Waals surface area contributed by atoms with Crippen LogP contribution in [0.15, 0.2) is 52.7 Å². The summed E-state index contributed by atoms with van der Waals surface area (Å²) in [6.45, 7) is 1.88. The van der Waals surface area contributed by atoms with Crippen molar-refractivity contribution in [1.29, 1.82) is 0 Å². The lowest BCUT2D eigenvalue weighted by molar-refractivity contribution is 0.370. The Morgan fingerprint density at radius 2 is 1.58 bits per heavy atom. The Labute approximate surface area is 198 Å². The average molecular weight is 490 g/mol. The number of nitrogens with zero attached hydrogens (tertiary/aromatic N) is 3. The molecule has 8 nitrogen and oxygen atoms in total. The molecule has 1 aliphatic heterocycles. The van der Waals surface area contributed by atoms with Crippen LogP contribution in [0.1, 0.15) is 11.3 Å². The molecule has 176 valence electrons. The predicted octanol–water partition coefficient (Wildman–Crippen LogP) is 3.27. The van der Waals surface area contributed by atoms with E-state index in [2.05, 4.69) is 10.3 Å². The molecule has 0 saturated carbocycles. The van der Waals surface area contributed by atoms with E-state index in [1.54, 1.807) is 30.6 Å². The third-order valence-corrected chi connectivity index (χ3v) is 8.45. The molecule has 0 bridgehead atoms. The number of piperazine rings is 1. The van der Waals surface area contributed by atoms with Gasteiger partial charge in [-0.15, -0.1) is 11.3 Å². The molecule has 3 aromatic rings. The summed E-state index contributed by atoms with van der Waals surface area (Å²) in [5.74, 6) is 1.61. The summed E-state index contributed by atoms with van der Waals surface area (Å²) >= 11 is 1.58. The molecule has 2 aromatic carbocycles. The first-order valence-corrected chi connectivity index (χ1v) is 12.8. The van der Waals surface area contributed by atoms with Crippen LogP contribution < -0.4 is 19.1 Å². The maximum Gasteiger partial charge on any atom is 0.247 e. The Morgan fingerprint density at radius 1 is 0.909 bits per heavy atom. The molecular formula is C23H27N3O5S2. The molecule has 1 aromatic heterocycles. The van der Waals surface area contributed by atoms with Gasteiger partial charge < -0.3 is 19.1 Å². The van der Waals surface area contributed by atoms with Crippen LogP contribution in [0.3, 0.4) is 0 Å². The monoisotopic (exact) mass is 489 g/mol. The van der Waals surface area contributed by atoms with Gasteiger partial charge in [0.15, 0.2) is 5.13 Å². The zero-order chi connectivity index (χ0) is 23.4. The summed E-state index contributed by atoms with van der Waals surface area (Å²) in [5, 5.41) is 2.97. The number of anilines is 1. The number of ether oxygens (including phenoxy) is 3. The van der Waals surface area contributed by atoms with E-state index in [1.165, 1.54) is 24.6 Å². The third-order valence-electron chi connectivity index (χ3n) is 5.58. The zero-order valence-electron chi connectivity index (χ0n) is 18.9. The predicted molar refractivity (Wildman–Crippen MR) is 128 cm³/mol. The molecule has 0 radical (unpaired) electrons. The quantitative estimate of drug-likeness (QED) is 0.480. The minimum absolute atomic E-state index is 0.119. The molecule has 4 rings (SSSR count). The van der Waals surface area contributed by atoms with Crippen LogP contribution in [0, 0.1) is 0 Å². The number of benzene rings is 2.